The van der Waals surface area contributed by atoms with E-state index in [9.17, 15) is 0 Å². The van der Waals surface area contributed by atoms with Crippen LogP contribution in [0.4, 0.5) is 0 Å². The van der Waals surface area contributed by atoms with Crippen molar-refractivity contribution in [2.45, 2.75) is 51.9 Å². The number of aromatic nitrogens is 2. The Bertz CT molecular complexity index is 346. The molecule has 0 atom stereocenters. The Morgan fingerprint density at radius 2 is 1.86 bits per heavy atom. The third-order valence-electron chi connectivity index (χ3n) is 2.78. The SMILES string of the molecule is Cc1ncnc(C2CC2)c1C(C)(C)C. The number of hydrogen-bond acceptors (Lipinski definition) is 2. The summed E-state index contributed by atoms with van der Waals surface area (Å²) >= 11 is 0. The summed E-state index contributed by atoms with van der Waals surface area (Å²) < 4.78 is 0. The molecule has 0 unspecified atom stereocenters. The Balaban J connectivity index is 2.53. The summed E-state index contributed by atoms with van der Waals surface area (Å²) in [5.74, 6) is 0.714. The second kappa shape index (κ2) is 3.04. The van der Waals surface area contributed by atoms with E-state index < -0.39 is 0 Å². The fourth-order valence-electron chi connectivity index (χ4n) is 2.09. The molecule has 1 aliphatic carbocycles. The zero-order valence-corrected chi connectivity index (χ0v) is 9.46. The largest absolute Gasteiger partial charge is 0.241 e. The number of rotatable bonds is 1. The van der Waals surface area contributed by atoms with E-state index in [0.717, 1.165) is 5.69 Å². The smallest absolute Gasteiger partial charge is 0.115 e. The lowest BCUT2D eigenvalue weighted by molar-refractivity contribution is 0.568. The topological polar surface area (TPSA) is 25.8 Å². The van der Waals surface area contributed by atoms with Gasteiger partial charge in [0.05, 0.1) is 5.69 Å². The lowest BCUT2D eigenvalue weighted by atomic mass is 9.83. The van der Waals surface area contributed by atoms with Crippen LogP contribution in [0.15, 0.2) is 6.33 Å². The predicted molar refractivity (Wildman–Crippen MR) is 57.4 cm³/mol. The fraction of sp³-hybridized carbons (Fsp3) is 0.667. The molecule has 14 heavy (non-hydrogen) atoms. The van der Waals surface area contributed by atoms with Crippen LogP contribution in [0.25, 0.3) is 0 Å². The highest BCUT2D eigenvalue weighted by molar-refractivity contribution is 5.35. The van der Waals surface area contributed by atoms with Crippen molar-refractivity contribution in [2.75, 3.05) is 0 Å². The van der Waals surface area contributed by atoms with Crippen LogP contribution in [0.2, 0.25) is 0 Å². The average molecular weight is 190 g/mol. The Kier molecular flexibility index (Phi) is 2.09. The third kappa shape index (κ3) is 1.66. The number of hydrogen-bond donors (Lipinski definition) is 0. The normalized spacial score (nSPS) is 17.1. The molecule has 0 radical (unpaired) electrons. The standard InChI is InChI=1S/C12H18N2/c1-8-10(12(2,3)4)11(9-5-6-9)14-7-13-8/h7,9H,5-6H2,1-4H3. The molecule has 0 N–H and O–H groups in total. The predicted octanol–water partition coefficient (Wildman–Crippen LogP) is 2.96. The average Bonchev–Trinajstić information content (AvgIpc) is 2.83. The molecule has 2 nitrogen and oxygen atoms in total. The number of aryl methyl sites for hydroxylation is 1. The van der Waals surface area contributed by atoms with Crippen LogP contribution in [0, 0.1) is 6.92 Å². The first kappa shape index (κ1) is 9.63. The molecule has 1 heterocycles. The second-order valence-electron chi connectivity index (χ2n) is 5.24. The van der Waals surface area contributed by atoms with Crippen LogP contribution in [-0.4, -0.2) is 9.97 Å². The number of nitrogens with zero attached hydrogens (tertiary/aromatic N) is 2. The first-order valence-electron chi connectivity index (χ1n) is 5.32. The maximum Gasteiger partial charge on any atom is 0.115 e. The van der Waals surface area contributed by atoms with E-state index in [1.165, 1.54) is 24.1 Å². The third-order valence-corrected chi connectivity index (χ3v) is 2.78. The van der Waals surface area contributed by atoms with Gasteiger partial charge in [0.15, 0.2) is 0 Å². The van der Waals surface area contributed by atoms with Gasteiger partial charge < -0.3 is 0 Å². The summed E-state index contributed by atoms with van der Waals surface area (Å²) in [6.45, 7) is 8.81. The first-order valence-corrected chi connectivity index (χ1v) is 5.32. The lowest BCUT2D eigenvalue weighted by Gasteiger charge is -2.23. The Morgan fingerprint density at radius 1 is 1.21 bits per heavy atom. The van der Waals surface area contributed by atoms with Crippen LogP contribution in [0.3, 0.4) is 0 Å². The van der Waals surface area contributed by atoms with Crippen molar-refractivity contribution in [3.05, 3.63) is 23.3 Å². The quantitative estimate of drug-likeness (QED) is 0.680. The van der Waals surface area contributed by atoms with E-state index in [0.29, 0.717) is 5.92 Å². The molecule has 0 bridgehead atoms. The highest BCUT2D eigenvalue weighted by Crippen LogP contribution is 2.43. The van der Waals surface area contributed by atoms with E-state index in [2.05, 4.69) is 37.7 Å². The zero-order chi connectivity index (χ0) is 10.3. The van der Waals surface area contributed by atoms with Gasteiger partial charge >= 0.3 is 0 Å². The summed E-state index contributed by atoms with van der Waals surface area (Å²) in [6.07, 6.45) is 4.32. The molecule has 1 aliphatic rings. The summed E-state index contributed by atoms with van der Waals surface area (Å²) in [7, 11) is 0. The van der Waals surface area contributed by atoms with Gasteiger partial charge in [0.1, 0.15) is 6.33 Å². The van der Waals surface area contributed by atoms with Crippen LogP contribution in [-0.2, 0) is 5.41 Å². The highest BCUT2D eigenvalue weighted by atomic mass is 14.9. The monoisotopic (exact) mass is 190 g/mol. The Morgan fingerprint density at radius 3 is 2.36 bits per heavy atom. The summed E-state index contributed by atoms with van der Waals surface area (Å²) in [5.41, 5.74) is 3.98. The van der Waals surface area contributed by atoms with Gasteiger partial charge in [-0.1, -0.05) is 20.8 Å². The molecule has 2 rings (SSSR count). The van der Waals surface area contributed by atoms with Crippen LogP contribution >= 0.6 is 0 Å². The van der Waals surface area contributed by atoms with Crippen molar-refractivity contribution >= 4 is 0 Å². The molecule has 0 spiro atoms. The molecular formula is C12H18N2. The molecule has 1 aromatic heterocycles. The van der Waals surface area contributed by atoms with Crippen LogP contribution < -0.4 is 0 Å². The first-order chi connectivity index (χ1) is 6.50. The van der Waals surface area contributed by atoms with Gasteiger partial charge in [0.25, 0.3) is 0 Å². The summed E-state index contributed by atoms with van der Waals surface area (Å²) in [4.78, 5) is 8.76. The van der Waals surface area contributed by atoms with Gasteiger partial charge in [-0.05, 0) is 25.2 Å². The van der Waals surface area contributed by atoms with E-state index in [1.54, 1.807) is 6.33 Å². The van der Waals surface area contributed by atoms with Gasteiger partial charge in [-0.25, -0.2) is 9.97 Å². The van der Waals surface area contributed by atoms with Gasteiger partial charge in [0, 0.05) is 17.2 Å². The van der Waals surface area contributed by atoms with Crippen LogP contribution in [0.1, 0.15) is 56.5 Å². The molecule has 1 fully saturated rings. The molecule has 2 heteroatoms. The molecule has 1 saturated carbocycles. The summed E-state index contributed by atoms with van der Waals surface area (Å²) in [6, 6.07) is 0. The summed E-state index contributed by atoms with van der Waals surface area (Å²) in [5, 5.41) is 0. The Labute approximate surface area is 85.8 Å². The Hall–Kier alpha value is -0.920. The molecule has 0 aliphatic heterocycles. The van der Waals surface area contributed by atoms with Gasteiger partial charge in [0.2, 0.25) is 0 Å². The van der Waals surface area contributed by atoms with E-state index in [1.807, 2.05) is 0 Å². The maximum atomic E-state index is 4.46. The lowest BCUT2D eigenvalue weighted by Crippen LogP contribution is -2.18. The highest BCUT2D eigenvalue weighted by Gasteiger charge is 2.32. The molecule has 76 valence electrons. The van der Waals surface area contributed by atoms with Crippen molar-refractivity contribution in [1.82, 2.24) is 9.97 Å². The van der Waals surface area contributed by atoms with E-state index >= 15 is 0 Å². The van der Waals surface area contributed by atoms with Crippen LogP contribution in [0.5, 0.6) is 0 Å². The van der Waals surface area contributed by atoms with Gasteiger partial charge in [-0.3, -0.25) is 0 Å². The minimum Gasteiger partial charge on any atom is -0.241 e. The fourth-order valence-corrected chi connectivity index (χ4v) is 2.09. The van der Waals surface area contributed by atoms with Crippen molar-refractivity contribution in [1.29, 1.82) is 0 Å². The van der Waals surface area contributed by atoms with Crippen molar-refractivity contribution < 1.29 is 0 Å². The molecule has 1 aromatic rings. The van der Waals surface area contributed by atoms with E-state index in [4.69, 9.17) is 0 Å². The van der Waals surface area contributed by atoms with Crippen molar-refractivity contribution in [2.24, 2.45) is 0 Å². The second-order valence-corrected chi connectivity index (χ2v) is 5.24. The van der Waals surface area contributed by atoms with Gasteiger partial charge in [-0.15, -0.1) is 0 Å². The van der Waals surface area contributed by atoms with Crippen molar-refractivity contribution in [3.8, 4) is 0 Å². The zero-order valence-electron chi connectivity index (χ0n) is 9.46. The van der Waals surface area contributed by atoms with Crippen molar-refractivity contribution in [3.63, 3.8) is 0 Å². The minimum atomic E-state index is 0.170. The maximum absolute atomic E-state index is 4.46. The molecule has 0 aromatic carbocycles. The molecular weight excluding hydrogens is 172 g/mol. The molecule has 0 saturated heterocycles. The van der Waals surface area contributed by atoms with E-state index in [-0.39, 0.29) is 5.41 Å². The van der Waals surface area contributed by atoms with Gasteiger partial charge in [-0.2, -0.15) is 0 Å². The molecule has 0 amide bonds. The minimum absolute atomic E-state index is 0.170.